The summed E-state index contributed by atoms with van der Waals surface area (Å²) in [6.07, 6.45) is 2.43. The van der Waals surface area contributed by atoms with E-state index in [1.165, 1.54) is 45.6 Å². The van der Waals surface area contributed by atoms with Crippen LogP contribution in [0.3, 0.4) is 0 Å². The maximum Gasteiger partial charge on any atom is 0.191 e. The number of hydrogen-bond donors (Lipinski definition) is 2. The first-order valence-electron chi connectivity index (χ1n) is 12.3. The van der Waals surface area contributed by atoms with E-state index in [2.05, 4.69) is 58.0 Å². The van der Waals surface area contributed by atoms with Gasteiger partial charge in [0.1, 0.15) is 0 Å². The standard InChI is InChI=1S/C23H48N6O.HI/c1-6-21(7-2)22(29-13-15-30-16-14-29)18-26-23(24-5)25-17-20(4)19-28-11-9-27(8-3)10-12-28;/h20-22H,6-19H2,1-5H3,(H2,24,25,26);1H. The first kappa shape index (κ1) is 28.9. The topological polar surface area (TPSA) is 55.4 Å². The summed E-state index contributed by atoms with van der Waals surface area (Å²) >= 11 is 0. The molecule has 0 aromatic rings. The zero-order valence-electron chi connectivity index (χ0n) is 20.7. The molecular formula is C23H49IN6O. The van der Waals surface area contributed by atoms with Crippen molar-refractivity contribution in [2.24, 2.45) is 16.8 Å². The van der Waals surface area contributed by atoms with Gasteiger partial charge in [-0.3, -0.25) is 9.89 Å². The number of ether oxygens (including phenoxy) is 1. The second kappa shape index (κ2) is 16.5. The zero-order chi connectivity index (χ0) is 21.8. The van der Waals surface area contributed by atoms with Crippen molar-refractivity contribution in [2.45, 2.75) is 46.6 Å². The normalized spacial score (nSPS) is 21.5. The highest BCUT2D eigenvalue weighted by Gasteiger charge is 2.27. The third-order valence-electron chi connectivity index (χ3n) is 6.91. The fraction of sp³-hybridized carbons (Fsp3) is 0.957. The molecule has 2 atom stereocenters. The van der Waals surface area contributed by atoms with Gasteiger partial charge in [-0.25, -0.2) is 0 Å². The number of halogens is 1. The molecule has 7 nitrogen and oxygen atoms in total. The van der Waals surface area contributed by atoms with Crippen LogP contribution < -0.4 is 10.6 Å². The summed E-state index contributed by atoms with van der Waals surface area (Å²) in [4.78, 5) is 12.2. The van der Waals surface area contributed by atoms with Crippen LogP contribution in [-0.2, 0) is 4.74 Å². The minimum Gasteiger partial charge on any atom is -0.379 e. The van der Waals surface area contributed by atoms with Crippen molar-refractivity contribution in [1.29, 1.82) is 0 Å². The first-order chi connectivity index (χ1) is 14.6. The summed E-state index contributed by atoms with van der Waals surface area (Å²) in [5.41, 5.74) is 0. The van der Waals surface area contributed by atoms with E-state index in [-0.39, 0.29) is 24.0 Å². The van der Waals surface area contributed by atoms with Crippen LogP contribution in [0.5, 0.6) is 0 Å². The Bertz CT molecular complexity index is 477. The van der Waals surface area contributed by atoms with Crippen LogP contribution in [0.2, 0.25) is 0 Å². The molecule has 2 fully saturated rings. The van der Waals surface area contributed by atoms with Gasteiger partial charge in [0.25, 0.3) is 0 Å². The van der Waals surface area contributed by atoms with Gasteiger partial charge >= 0.3 is 0 Å². The molecule has 2 heterocycles. The summed E-state index contributed by atoms with van der Waals surface area (Å²) in [5, 5.41) is 7.20. The van der Waals surface area contributed by atoms with Gasteiger partial charge in [0, 0.05) is 72.0 Å². The smallest absolute Gasteiger partial charge is 0.191 e. The Morgan fingerprint density at radius 2 is 1.48 bits per heavy atom. The third kappa shape index (κ3) is 10.1. The first-order valence-corrected chi connectivity index (χ1v) is 12.3. The largest absolute Gasteiger partial charge is 0.379 e. The summed E-state index contributed by atoms with van der Waals surface area (Å²) in [5.74, 6) is 2.24. The van der Waals surface area contributed by atoms with Gasteiger partial charge in [-0.05, 0) is 18.4 Å². The maximum absolute atomic E-state index is 5.58. The number of hydrogen-bond acceptors (Lipinski definition) is 5. The number of guanidine groups is 1. The maximum atomic E-state index is 5.58. The predicted octanol–water partition coefficient (Wildman–Crippen LogP) is 2.18. The number of likely N-dealkylation sites (N-methyl/N-ethyl adjacent to an activating group) is 1. The fourth-order valence-corrected chi connectivity index (χ4v) is 4.82. The lowest BCUT2D eigenvalue weighted by Crippen LogP contribution is -2.53. The Labute approximate surface area is 208 Å². The van der Waals surface area contributed by atoms with Gasteiger partial charge < -0.3 is 25.2 Å². The number of rotatable bonds is 11. The Morgan fingerprint density at radius 3 is 2.03 bits per heavy atom. The molecule has 2 aliphatic heterocycles. The molecule has 8 heteroatoms. The number of nitrogens with zero attached hydrogens (tertiary/aromatic N) is 4. The molecular weight excluding hydrogens is 503 g/mol. The molecule has 2 aliphatic rings. The van der Waals surface area contributed by atoms with Gasteiger partial charge in [-0.1, -0.05) is 40.5 Å². The van der Waals surface area contributed by atoms with Crippen molar-refractivity contribution in [3.63, 3.8) is 0 Å². The monoisotopic (exact) mass is 552 g/mol. The Balaban J connectivity index is 0.00000480. The molecule has 2 rings (SSSR count). The van der Waals surface area contributed by atoms with E-state index in [4.69, 9.17) is 4.74 Å². The zero-order valence-corrected chi connectivity index (χ0v) is 23.1. The van der Waals surface area contributed by atoms with Crippen LogP contribution in [0.15, 0.2) is 4.99 Å². The van der Waals surface area contributed by atoms with Crippen molar-refractivity contribution in [3.05, 3.63) is 0 Å². The molecule has 0 bridgehead atoms. The van der Waals surface area contributed by atoms with Crippen molar-refractivity contribution in [3.8, 4) is 0 Å². The highest BCUT2D eigenvalue weighted by molar-refractivity contribution is 14.0. The van der Waals surface area contributed by atoms with Crippen molar-refractivity contribution >= 4 is 29.9 Å². The van der Waals surface area contributed by atoms with Crippen LogP contribution in [0.25, 0.3) is 0 Å². The molecule has 0 aromatic heterocycles. The Hall–Kier alpha value is -0.160. The molecule has 0 amide bonds. The van der Waals surface area contributed by atoms with E-state index in [1.807, 2.05) is 7.05 Å². The van der Waals surface area contributed by atoms with Crippen LogP contribution in [0.1, 0.15) is 40.5 Å². The van der Waals surface area contributed by atoms with E-state index in [9.17, 15) is 0 Å². The lowest BCUT2D eigenvalue weighted by Gasteiger charge is -2.39. The molecule has 2 saturated heterocycles. The number of aliphatic imine (C=N–C) groups is 1. The third-order valence-corrected chi connectivity index (χ3v) is 6.91. The van der Waals surface area contributed by atoms with Crippen LogP contribution in [-0.4, -0.2) is 112 Å². The van der Waals surface area contributed by atoms with E-state index in [0.29, 0.717) is 17.9 Å². The second-order valence-electron chi connectivity index (χ2n) is 8.97. The average Bonchev–Trinajstić information content (AvgIpc) is 2.79. The lowest BCUT2D eigenvalue weighted by atomic mass is 9.92. The molecule has 0 spiro atoms. The molecule has 0 aliphatic carbocycles. The minimum absolute atomic E-state index is 0. The van der Waals surface area contributed by atoms with Gasteiger partial charge in [0.2, 0.25) is 0 Å². The SMILES string of the molecule is CCC(CC)C(CNC(=NC)NCC(C)CN1CCN(CC)CC1)N1CCOCC1.I. The lowest BCUT2D eigenvalue weighted by molar-refractivity contribution is 0.00272. The van der Waals surface area contributed by atoms with Crippen molar-refractivity contribution in [2.75, 3.05) is 85.7 Å². The van der Waals surface area contributed by atoms with Gasteiger partial charge in [0.15, 0.2) is 5.96 Å². The van der Waals surface area contributed by atoms with Crippen LogP contribution >= 0.6 is 24.0 Å². The Morgan fingerprint density at radius 1 is 0.903 bits per heavy atom. The number of morpholine rings is 1. The van der Waals surface area contributed by atoms with Crippen LogP contribution in [0.4, 0.5) is 0 Å². The number of piperazine rings is 1. The second-order valence-corrected chi connectivity index (χ2v) is 8.97. The summed E-state index contributed by atoms with van der Waals surface area (Å²) in [7, 11) is 1.88. The molecule has 0 saturated carbocycles. The van der Waals surface area contributed by atoms with E-state index >= 15 is 0 Å². The van der Waals surface area contributed by atoms with Gasteiger partial charge in [-0.2, -0.15) is 0 Å². The minimum atomic E-state index is 0. The predicted molar refractivity (Wildman–Crippen MR) is 143 cm³/mol. The van der Waals surface area contributed by atoms with Crippen molar-refractivity contribution < 1.29 is 4.74 Å². The summed E-state index contributed by atoms with van der Waals surface area (Å²) in [6, 6.07) is 0.537. The molecule has 184 valence electrons. The summed E-state index contributed by atoms with van der Waals surface area (Å²) in [6.45, 7) is 22.1. The molecule has 31 heavy (non-hydrogen) atoms. The molecule has 2 N–H and O–H groups in total. The van der Waals surface area contributed by atoms with E-state index in [0.717, 1.165) is 51.9 Å². The fourth-order valence-electron chi connectivity index (χ4n) is 4.82. The molecule has 0 radical (unpaired) electrons. The molecule has 0 aromatic carbocycles. The number of nitrogens with one attached hydrogen (secondary N) is 2. The van der Waals surface area contributed by atoms with Gasteiger partial charge in [0.05, 0.1) is 13.2 Å². The highest BCUT2D eigenvalue weighted by atomic mass is 127. The average molecular weight is 553 g/mol. The Kier molecular flexibility index (Phi) is 15.3. The van der Waals surface area contributed by atoms with Gasteiger partial charge in [-0.15, -0.1) is 24.0 Å². The quantitative estimate of drug-likeness (QED) is 0.233. The van der Waals surface area contributed by atoms with E-state index < -0.39 is 0 Å². The van der Waals surface area contributed by atoms with Crippen LogP contribution in [0, 0.1) is 11.8 Å². The molecule has 2 unspecified atom stereocenters. The van der Waals surface area contributed by atoms with Crippen molar-refractivity contribution in [1.82, 2.24) is 25.3 Å². The highest BCUT2D eigenvalue weighted by Crippen LogP contribution is 2.19. The van der Waals surface area contributed by atoms with E-state index in [1.54, 1.807) is 0 Å². The summed E-state index contributed by atoms with van der Waals surface area (Å²) < 4.78 is 5.58.